The highest BCUT2D eigenvalue weighted by atomic mass is 16.3. The van der Waals surface area contributed by atoms with Crippen molar-refractivity contribution in [1.29, 1.82) is 0 Å². The zero-order valence-electron chi connectivity index (χ0n) is 26.6. The number of furan rings is 1. The van der Waals surface area contributed by atoms with E-state index in [-0.39, 0.29) is 29.7 Å². The molecule has 0 atom stereocenters. The van der Waals surface area contributed by atoms with Crippen LogP contribution in [0.2, 0.25) is 0 Å². The van der Waals surface area contributed by atoms with E-state index in [0.29, 0.717) is 23.0 Å². The molecular weight excluding hydrogens is 502 g/mol. The molecule has 4 nitrogen and oxygen atoms in total. The van der Waals surface area contributed by atoms with Crippen LogP contribution in [0, 0.1) is 0 Å². The van der Waals surface area contributed by atoms with Gasteiger partial charge in [0.25, 0.3) is 0 Å². The fraction of sp³-hybridized carbons (Fsp3) is 0. The number of aromatic nitrogens is 3. The summed E-state index contributed by atoms with van der Waals surface area (Å²) < 4.78 is 47.3. The van der Waals surface area contributed by atoms with Gasteiger partial charge in [-0.05, 0) is 46.2 Å². The number of para-hydroxylation sites is 1. The predicted molar refractivity (Wildman–Crippen MR) is 166 cm³/mol. The smallest absolute Gasteiger partial charge is 0.164 e. The quantitative estimate of drug-likeness (QED) is 0.227. The maximum Gasteiger partial charge on any atom is 0.164 e. The Morgan fingerprint density at radius 2 is 1.17 bits per heavy atom. The minimum Gasteiger partial charge on any atom is -0.456 e. The Bertz CT molecular complexity index is 2470. The maximum atomic E-state index is 8.46. The molecule has 8 aromatic rings. The van der Waals surface area contributed by atoms with Gasteiger partial charge in [0.1, 0.15) is 11.2 Å². The van der Waals surface area contributed by atoms with Gasteiger partial charge in [-0.1, -0.05) is 115 Å². The van der Waals surface area contributed by atoms with Gasteiger partial charge < -0.3 is 4.42 Å². The van der Waals surface area contributed by atoms with Crippen molar-refractivity contribution in [2.24, 2.45) is 0 Å². The molecule has 8 rings (SSSR count). The standard InChI is InChI=1S/C37H23N3O/c1-3-10-24(11-4-1)27-20-18-25-19-21-28(23-29(25)22-27)36-38-35(26-12-5-2-6-13-26)39-37(40-36)31-15-9-17-33-34(31)30-14-7-8-16-32(30)41-33/h1-23H/i1D,3D,4D,10D,11D. The van der Waals surface area contributed by atoms with Crippen LogP contribution in [0.5, 0.6) is 0 Å². The number of nitrogens with zero attached hydrogens (tertiary/aromatic N) is 3. The number of benzene rings is 6. The van der Waals surface area contributed by atoms with Crippen LogP contribution in [-0.4, -0.2) is 15.0 Å². The van der Waals surface area contributed by atoms with Crippen LogP contribution in [0.25, 0.3) is 78.0 Å². The Hall–Kier alpha value is -5.61. The van der Waals surface area contributed by atoms with Crippen LogP contribution >= 0.6 is 0 Å². The summed E-state index contributed by atoms with van der Waals surface area (Å²) in [4.78, 5) is 14.8. The van der Waals surface area contributed by atoms with Crippen molar-refractivity contribution in [1.82, 2.24) is 15.0 Å². The number of fused-ring (bicyclic) bond motifs is 4. The first-order valence-corrected chi connectivity index (χ1v) is 13.2. The summed E-state index contributed by atoms with van der Waals surface area (Å²) in [6, 6.07) is 33.3. The highest BCUT2D eigenvalue weighted by Crippen LogP contribution is 2.36. The first kappa shape index (κ1) is 18.6. The number of rotatable bonds is 4. The van der Waals surface area contributed by atoms with Crippen LogP contribution in [0.3, 0.4) is 0 Å². The van der Waals surface area contributed by atoms with E-state index in [1.807, 2.05) is 103 Å². The minimum atomic E-state index is -0.416. The van der Waals surface area contributed by atoms with Gasteiger partial charge in [-0.15, -0.1) is 0 Å². The Kier molecular flexibility index (Phi) is 4.34. The van der Waals surface area contributed by atoms with Gasteiger partial charge in [-0.25, -0.2) is 15.0 Å². The van der Waals surface area contributed by atoms with E-state index in [0.717, 1.165) is 49.4 Å². The van der Waals surface area contributed by atoms with Gasteiger partial charge in [0, 0.05) is 27.5 Å². The molecular formula is C37H23N3O. The average molecular weight is 531 g/mol. The lowest BCUT2D eigenvalue weighted by Crippen LogP contribution is -2.00. The number of hydrogen-bond donors (Lipinski definition) is 0. The van der Waals surface area contributed by atoms with Crippen LogP contribution in [0.4, 0.5) is 0 Å². The third-order valence-corrected chi connectivity index (χ3v) is 7.20. The molecule has 6 aromatic carbocycles. The minimum absolute atomic E-state index is 0.160. The zero-order valence-corrected chi connectivity index (χ0v) is 21.6. The van der Waals surface area contributed by atoms with Gasteiger partial charge in [-0.3, -0.25) is 0 Å². The lowest BCUT2D eigenvalue weighted by molar-refractivity contribution is 0.669. The highest BCUT2D eigenvalue weighted by molar-refractivity contribution is 6.11. The molecule has 0 aliphatic rings. The van der Waals surface area contributed by atoms with E-state index in [4.69, 9.17) is 26.2 Å². The lowest BCUT2D eigenvalue weighted by atomic mass is 9.99. The second-order valence-corrected chi connectivity index (χ2v) is 9.73. The summed E-state index contributed by atoms with van der Waals surface area (Å²) >= 11 is 0. The molecule has 0 aliphatic carbocycles. The van der Waals surface area contributed by atoms with Crippen molar-refractivity contribution in [3.63, 3.8) is 0 Å². The van der Waals surface area contributed by atoms with Gasteiger partial charge >= 0.3 is 0 Å². The van der Waals surface area contributed by atoms with Crippen LogP contribution in [0.15, 0.2) is 144 Å². The second-order valence-electron chi connectivity index (χ2n) is 9.73. The first-order valence-electron chi connectivity index (χ1n) is 15.7. The van der Waals surface area contributed by atoms with Gasteiger partial charge in [0.05, 0.1) is 6.85 Å². The van der Waals surface area contributed by atoms with Crippen molar-refractivity contribution in [2.45, 2.75) is 0 Å². The molecule has 0 amide bonds. The van der Waals surface area contributed by atoms with Crippen molar-refractivity contribution < 1.29 is 11.3 Å². The van der Waals surface area contributed by atoms with E-state index in [1.54, 1.807) is 6.07 Å². The summed E-state index contributed by atoms with van der Waals surface area (Å²) in [6.45, 7) is 0. The molecule has 0 radical (unpaired) electrons. The van der Waals surface area contributed by atoms with Crippen LogP contribution in [-0.2, 0) is 0 Å². The molecule has 0 fully saturated rings. The van der Waals surface area contributed by atoms with Crippen molar-refractivity contribution in [2.75, 3.05) is 0 Å². The second kappa shape index (κ2) is 9.54. The molecule has 0 saturated heterocycles. The maximum absolute atomic E-state index is 8.46. The molecule has 4 heteroatoms. The molecule has 0 unspecified atom stereocenters. The summed E-state index contributed by atoms with van der Waals surface area (Å²) in [5.41, 5.74) is 4.64. The number of hydrogen-bond acceptors (Lipinski definition) is 4. The third-order valence-electron chi connectivity index (χ3n) is 7.20. The highest BCUT2D eigenvalue weighted by Gasteiger charge is 2.17. The average Bonchev–Trinajstić information content (AvgIpc) is 3.49. The van der Waals surface area contributed by atoms with Crippen LogP contribution in [0.1, 0.15) is 6.85 Å². The van der Waals surface area contributed by atoms with Crippen molar-refractivity contribution in [3.8, 4) is 45.3 Å². The summed E-state index contributed by atoms with van der Waals surface area (Å²) in [5.74, 6) is 1.51. The third kappa shape index (κ3) is 4.14. The van der Waals surface area contributed by atoms with Crippen molar-refractivity contribution >= 4 is 32.7 Å². The predicted octanol–water partition coefficient (Wildman–Crippen LogP) is 9.59. The Morgan fingerprint density at radius 1 is 0.488 bits per heavy atom. The van der Waals surface area contributed by atoms with Gasteiger partial charge in [-0.2, -0.15) is 0 Å². The van der Waals surface area contributed by atoms with Crippen molar-refractivity contribution in [3.05, 3.63) is 139 Å². The molecule has 0 N–H and O–H groups in total. The molecule has 41 heavy (non-hydrogen) atoms. The molecule has 0 saturated carbocycles. The molecule has 0 aliphatic heterocycles. The van der Waals surface area contributed by atoms with Gasteiger partial charge in [0.2, 0.25) is 0 Å². The molecule has 192 valence electrons. The monoisotopic (exact) mass is 530 g/mol. The Labute approximate surface area is 243 Å². The summed E-state index contributed by atoms with van der Waals surface area (Å²) in [5, 5.41) is 3.64. The van der Waals surface area contributed by atoms with Crippen LogP contribution < -0.4 is 0 Å². The van der Waals surface area contributed by atoms with E-state index in [9.17, 15) is 0 Å². The lowest BCUT2D eigenvalue weighted by Gasteiger charge is -2.10. The zero-order chi connectivity index (χ0) is 31.5. The van der Waals surface area contributed by atoms with Gasteiger partial charge in [0.15, 0.2) is 17.5 Å². The largest absolute Gasteiger partial charge is 0.456 e. The van der Waals surface area contributed by atoms with E-state index in [1.165, 1.54) is 0 Å². The fourth-order valence-electron chi connectivity index (χ4n) is 5.24. The Balaban J connectivity index is 1.33. The normalized spacial score (nSPS) is 13.1. The topological polar surface area (TPSA) is 51.8 Å². The fourth-order valence-corrected chi connectivity index (χ4v) is 5.24. The molecule has 0 bridgehead atoms. The van der Waals surface area contributed by atoms with E-state index < -0.39 is 6.04 Å². The van der Waals surface area contributed by atoms with E-state index >= 15 is 0 Å². The Morgan fingerprint density at radius 3 is 2.02 bits per heavy atom. The SMILES string of the molecule is [2H]c1c([2H])c([2H])c(-c2ccc3ccc(-c4nc(-c5ccccc5)nc(-c5cccc6oc7ccccc7c56)n4)cc3c2)c([2H])c1[2H]. The first-order chi connectivity index (χ1) is 22.4. The summed E-state index contributed by atoms with van der Waals surface area (Å²) in [7, 11) is 0. The molecule has 0 spiro atoms. The molecule has 2 aromatic heterocycles. The summed E-state index contributed by atoms with van der Waals surface area (Å²) in [6.07, 6.45) is 0. The van der Waals surface area contributed by atoms with E-state index in [2.05, 4.69) is 0 Å². The molecule has 2 heterocycles.